The number of hydrogen-bond acceptors (Lipinski definition) is 3. The minimum Gasteiger partial charge on any atom is -0.383 e. The number of carbonyl (C=O) groups is 2. The number of anilines is 1. The number of amides is 2. The monoisotopic (exact) mass is 250 g/mol. The van der Waals surface area contributed by atoms with E-state index in [1.807, 2.05) is 12.1 Å². The van der Waals surface area contributed by atoms with Crippen molar-refractivity contribution in [2.75, 3.05) is 25.6 Å². The summed E-state index contributed by atoms with van der Waals surface area (Å²) in [6.07, 6.45) is 0.323. The van der Waals surface area contributed by atoms with Crippen molar-refractivity contribution >= 4 is 17.5 Å². The van der Waals surface area contributed by atoms with E-state index in [1.165, 1.54) is 6.92 Å². The zero-order chi connectivity index (χ0) is 13.4. The molecular weight excluding hydrogens is 232 g/mol. The van der Waals surface area contributed by atoms with Gasteiger partial charge in [-0.25, -0.2) is 0 Å². The summed E-state index contributed by atoms with van der Waals surface area (Å²) in [5, 5.41) is 5.42. The van der Waals surface area contributed by atoms with E-state index in [1.54, 1.807) is 19.2 Å². The van der Waals surface area contributed by atoms with Crippen molar-refractivity contribution in [1.29, 1.82) is 0 Å². The highest BCUT2D eigenvalue weighted by Gasteiger charge is 2.03. The predicted octanol–water partition coefficient (Wildman–Crippen LogP) is 0.950. The van der Waals surface area contributed by atoms with Gasteiger partial charge in [0.2, 0.25) is 11.8 Å². The maximum atomic E-state index is 11.5. The molecule has 0 saturated carbocycles. The highest BCUT2D eigenvalue weighted by Crippen LogP contribution is 2.09. The first-order chi connectivity index (χ1) is 8.61. The fourth-order valence-electron chi connectivity index (χ4n) is 1.45. The van der Waals surface area contributed by atoms with Gasteiger partial charge < -0.3 is 15.4 Å². The van der Waals surface area contributed by atoms with Crippen molar-refractivity contribution in [2.45, 2.75) is 13.3 Å². The molecule has 0 bridgehead atoms. The van der Waals surface area contributed by atoms with Crippen molar-refractivity contribution in [3.05, 3.63) is 29.8 Å². The van der Waals surface area contributed by atoms with Crippen molar-refractivity contribution in [3.63, 3.8) is 0 Å². The topological polar surface area (TPSA) is 67.4 Å². The molecule has 0 unspecified atom stereocenters. The van der Waals surface area contributed by atoms with Crippen LogP contribution in [-0.4, -0.2) is 32.1 Å². The van der Waals surface area contributed by atoms with E-state index in [2.05, 4.69) is 10.6 Å². The lowest BCUT2D eigenvalue weighted by molar-refractivity contribution is -0.120. The Morgan fingerprint density at radius 2 is 1.89 bits per heavy atom. The van der Waals surface area contributed by atoms with E-state index >= 15 is 0 Å². The normalized spacial score (nSPS) is 9.89. The number of benzene rings is 1. The first kappa shape index (κ1) is 14.2. The van der Waals surface area contributed by atoms with Gasteiger partial charge in [-0.2, -0.15) is 0 Å². The first-order valence-electron chi connectivity index (χ1n) is 5.74. The number of carbonyl (C=O) groups excluding carboxylic acids is 2. The molecule has 0 aromatic heterocycles. The number of ether oxygens (including phenoxy) is 1. The molecule has 1 aromatic carbocycles. The van der Waals surface area contributed by atoms with Crippen LogP contribution in [0.25, 0.3) is 0 Å². The van der Waals surface area contributed by atoms with Crippen LogP contribution in [0.5, 0.6) is 0 Å². The Hall–Kier alpha value is -1.88. The Bertz CT molecular complexity index is 401. The van der Waals surface area contributed by atoms with Gasteiger partial charge >= 0.3 is 0 Å². The number of hydrogen-bond donors (Lipinski definition) is 2. The quantitative estimate of drug-likeness (QED) is 0.739. The van der Waals surface area contributed by atoms with Crippen LogP contribution < -0.4 is 10.6 Å². The largest absolute Gasteiger partial charge is 0.383 e. The minimum absolute atomic E-state index is 0.0423. The summed E-state index contributed by atoms with van der Waals surface area (Å²) >= 11 is 0. The maximum absolute atomic E-state index is 11.5. The fraction of sp³-hybridized carbons (Fsp3) is 0.385. The summed E-state index contributed by atoms with van der Waals surface area (Å²) in [7, 11) is 1.59. The number of nitrogens with one attached hydrogen (secondary N) is 2. The molecule has 18 heavy (non-hydrogen) atoms. The molecule has 0 aliphatic rings. The van der Waals surface area contributed by atoms with Crippen LogP contribution in [-0.2, 0) is 20.7 Å². The van der Waals surface area contributed by atoms with Gasteiger partial charge in [0, 0.05) is 26.3 Å². The van der Waals surface area contributed by atoms with Gasteiger partial charge in [0.05, 0.1) is 13.0 Å². The molecule has 0 heterocycles. The molecule has 1 rings (SSSR count). The van der Waals surface area contributed by atoms with Gasteiger partial charge in [0.25, 0.3) is 0 Å². The molecule has 0 fully saturated rings. The molecule has 0 aliphatic heterocycles. The Morgan fingerprint density at radius 1 is 1.22 bits per heavy atom. The van der Waals surface area contributed by atoms with Gasteiger partial charge in [-0.15, -0.1) is 0 Å². The summed E-state index contributed by atoms with van der Waals surface area (Å²) in [6.45, 7) is 2.48. The summed E-state index contributed by atoms with van der Waals surface area (Å²) in [4.78, 5) is 22.3. The van der Waals surface area contributed by atoms with Crippen LogP contribution in [0, 0.1) is 0 Å². The Balaban J connectivity index is 2.43. The number of rotatable bonds is 6. The third-order valence-electron chi connectivity index (χ3n) is 2.27. The summed E-state index contributed by atoms with van der Waals surface area (Å²) < 4.78 is 4.84. The molecule has 98 valence electrons. The van der Waals surface area contributed by atoms with Crippen LogP contribution in [0.4, 0.5) is 5.69 Å². The molecule has 5 nitrogen and oxygen atoms in total. The SMILES string of the molecule is COCCNC(=O)Cc1ccc(NC(C)=O)cc1. The van der Waals surface area contributed by atoms with Gasteiger partial charge in [-0.05, 0) is 17.7 Å². The average molecular weight is 250 g/mol. The summed E-state index contributed by atoms with van der Waals surface area (Å²) in [5.41, 5.74) is 1.63. The van der Waals surface area contributed by atoms with E-state index in [0.29, 0.717) is 19.6 Å². The van der Waals surface area contributed by atoms with E-state index in [9.17, 15) is 9.59 Å². The second-order valence-corrected chi connectivity index (χ2v) is 3.90. The lowest BCUT2D eigenvalue weighted by Crippen LogP contribution is -2.28. The van der Waals surface area contributed by atoms with Crippen LogP contribution in [0.3, 0.4) is 0 Å². The second-order valence-electron chi connectivity index (χ2n) is 3.90. The molecular formula is C13H18N2O3. The predicted molar refractivity (Wildman–Crippen MR) is 69.3 cm³/mol. The van der Waals surface area contributed by atoms with Crippen molar-refractivity contribution in [3.8, 4) is 0 Å². The molecule has 1 aromatic rings. The van der Waals surface area contributed by atoms with Crippen molar-refractivity contribution in [2.24, 2.45) is 0 Å². The molecule has 0 aliphatic carbocycles. The Labute approximate surface area is 107 Å². The zero-order valence-electron chi connectivity index (χ0n) is 10.7. The Morgan fingerprint density at radius 3 is 2.44 bits per heavy atom. The van der Waals surface area contributed by atoms with Gasteiger partial charge in [-0.3, -0.25) is 9.59 Å². The fourth-order valence-corrected chi connectivity index (χ4v) is 1.45. The smallest absolute Gasteiger partial charge is 0.224 e. The van der Waals surface area contributed by atoms with Crippen LogP contribution in [0.2, 0.25) is 0 Å². The summed E-state index contributed by atoms with van der Waals surface area (Å²) in [6, 6.07) is 7.20. The van der Waals surface area contributed by atoms with Crippen molar-refractivity contribution in [1.82, 2.24) is 5.32 Å². The minimum atomic E-state index is -0.111. The standard InChI is InChI=1S/C13H18N2O3/c1-10(16)15-12-5-3-11(4-6-12)9-13(17)14-7-8-18-2/h3-6H,7-9H2,1-2H3,(H,14,17)(H,15,16). The molecule has 2 amide bonds. The van der Waals surface area contributed by atoms with Gasteiger partial charge in [-0.1, -0.05) is 12.1 Å². The van der Waals surface area contributed by atoms with Gasteiger partial charge in [0.1, 0.15) is 0 Å². The van der Waals surface area contributed by atoms with E-state index < -0.39 is 0 Å². The van der Waals surface area contributed by atoms with E-state index in [0.717, 1.165) is 11.3 Å². The molecule has 0 radical (unpaired) electrons. The molecule has 2 N–H and O–H groups in total. The van der Waals surface area contributed by atoms with Gasteiger partial charge in [0.15, 0.2) is 0 Å². The molecule has 5 heteroatoms. The highest BCUT2D eigenvalue weighted by atomic mass is 16.5. The van der Waals surface area contributed by atoms with Crippen molar-refractivity contribution < 1.29 is 14.3 Å². The lowest BCUT2D eigenvalue weighted by Gasteiger charge is -2.06. The maximum Gasteiger partial charge on any atom is 0.224 e. The molecule has 0 spiro atoms. The van der Waals surface area contributed by atoms with E-state index in [-0.39, 0.29) is 11.8 Å². The third-order valence-corrected chi connectivity index (χ3v) is 2.27. The number of methoxy groups -OCH3 is 1. The van der Waals surface area contributed by atoms with E-state index in [4.69, 9.17) is 4.74 Å². The molecule has 0 saturated heterocycles. The van der Waals surface area contributed by atoms with Crippen LogP contribution in [0.1, 0.15) is 12.5 Å². The van der Waals surface area contributed by atoms with Crippen LogP contribution in [0.15, 0.2) is 24.3 Å². The second kappa shape index (κ2) is 7.45. The zero-order valence-corrected chi connectivity index (χ0v) is 10.7. The third kappa shape index (κ3) is 5.45. The Kier molecular flexibility index (Phi) is 5.87. The summed E-state index contributed by atoms with van der Waals surface area (Å²) in [5.74, 6) is -0.153. The van der Waals surface area contributed by atoms with Crippen LogP contribution >= 0.6 is 0 Å². The molecule has 0 atom stereocenters. The average Bonchev–Trinajstić information content (AvgIpc) is 2.31. The highest BCUT2D eigenvalue weighted by molar-refractivity contribution is 5.88. The first-order valence-corrected chi connectivity index (χ1v) is 5.74. The lowest BCUT2D eigenvalue weighted by atomic mass is 10.1.